The molecule has 2 atom stereocenters. The lowest BCUT2D eigenvalue weighted by Gasteiger charge is -2.03. The van der Waals surface area contributed by atoms with Crippen LogP contribution in [0.2, 0.25) is 0 Å². The van der Waals surface area contributed by atoms with E-state index in [1.807, 2.05) is 0 Å². The molecule has 1 unspecified atom stereocenters. The Morgan fingerprint density at radius 1 is 1.33 bits per heavy atom. The van der Waals surface area contributed by atoms with Crippen molar-refractivity contribution in [2.24, 2.45) is 11.1 Å². The largest absolute Gasteiger partial charge is 0.378 e. The molecule has 0 saturated carbocycles. The van der Waals surface area contributed by atoms with Crippen molar-refractivity contribution >= 4 is 6.21 Å². The van der Waals surface area contributed by atoms with Crippen LogP contribution in [0.3, 0.4) is 0 Å². The van der Waals surface area contributed by atoms with E-state index in [1.165, 1.54) is 0 Å². The van der Waals surface area contributed by atoms with Crippen LogP contribution in [-0.4, -0.2) is 12.3 Å². The van der Waals surface area contributed by atoms with Crippen LogP contribution in [0, 0.1) is 29.6 Å². The number of rotatable bonds is 0. The first kappa shape index (κ1) is 4.47. The van der Waals surface area contributed by atoms with Crippen LogP contribution in [0.5, 0.6) is 0 Å². The van der Waals surface area contributed by atoms with Crippen LogP contribution in [0.4, 0.5) is 0 Å². The van der Waals surface area contributed by atoms with Gasteiger partial charge in [0.1, 0.15) is 5.92 Å². The summed E-state index contributed by atoms with van der Waals surface area (Å²) in [4.78, 5) is 4.85. The first-order valence-electron chi connectivity index (χ1n) is 2.67. The van der Waals surface area contributed by atoms with E-state index in [-0.39, 0.29) is 12.0 Å². The first-order chi connectivity index (χ1) is 4.47. The van der Waals surface area contributed by atoms with Gasteiger partial charge in [-0.1, -0.05) is 11.1 Å². The van der Waals surface area contributed by atoms with Gasteiger partial charge in [-0.2, -0.15) is 0 Å². The second-order valence-corrected chi connectivity index (χ2v) is 1.84. The second-order valence-electron chi connectivity index (χ2n) is 1.84. The van der Waals surface area contributed by atoms with E-state index in [1.54, 1.807) is 6.21 Å². The zero-order valence-electron chi connectivity index (χ0n) is 4.59. The number of oxime groups is 1. The molecule has 9 heavy (non-hydrogen) atoms. The molecule has 1 aliphatic heterocycles. The first-order valence-corrected chi connectivity index (χ1v) is 2.67. The van der Waals surface area contributed by atoms with E-state index in [0.29, 0.717) is 0 Å². The van der Waals surface area contributed by atoms with Crippen LogP contribution < -0.4 is 0 Å². The van der Waals surface area contributed by atoms with Gasteiger partial charge in [0.15, 0.2) is 0 Å². The highest BCUT2D eigenvalue weighted by Gasteiger charge is 2.23. The molecule has 1 heterocycles. The molecular formula is C7H3NO. The molecule has 0 N–H and O–H groups in total. The van der Waals surface area contributed by atoms with Crippen molar-refractivity contribution in [2.45, 2.75) is 6.10 Å². The topological polar surface area (TPSA) is 21.6 Å². The van der Waals surface area contributed by atoms with Gasteiger partial charge in [-0.25, -0.2) is 0 Å². The number of hydrogen-bond donors (Lipinski definition) is 0. The highest BCUT2D eigenvalue weighted by atomic mass is 16.6. The summed E-state index contributed by atoms with van der Waals surface area (Å²) < 4.78 is 0. The van der Waals surface area contributed by atoms with Crippen molar-refractivity contribution in [3.63, 3.8) is 0 Å². The molecular weight excluding hydrogens is 114 g/mol. The summed E-state index contributed by atoms with van der Waals surface area (Å²) in [6.45, 7) is 0. The molecule has 0 amide bonds. The van der Waals surface area contributed by atoms with E-state index in [0.717, 1.165) is 0 Å². The van der Waals surface area contributed by atoms with Gasteiger partial charge in [-0.15, -0.1) is 0 Å². The van der Waals surface area contributed by atoms with Gasteiger partial charge in [-0.05, 0) is 17.8 Å². The van der Waals surface area contributed by atoms with Gasteiger partial charge < -0.3 is 4.84 Å². The molecule has 0 aromatic rings. The maximum atomic E-state index is 4.85. The van der Waals surface area contributed by atoms with Gasteiger partial charge in [0, 0.05) is 0 Å². The highest BCUT2D eigenvalue weighted by molar-refractivity contribution is 5.69. The Hall–Kier alpha value is -1.41. The van der Waals surface area contributed by atoms with Crippen molar-refractivity contribution in [2.75, 3.05) is 0 Å². The average Bonchev–Trinajstić information content (AvgIpc) is 2.33. The molecule has 0 saturated heterocycles. The molecule has 0 fully saturated rings. The van der Waals surface area contributed by atoms with Crippen LogP contribution >= 0.6 is 0 Å². The van der Waals surface area contributed by atoms with Crippen molar-refractivity contribution < 1.29 is 4.84 Å². The fourth-order valence-electron chi connectivity index (χ4n) is 0.766. The molecule has 0 aromatic heterocycles. The predicted molar refractivity (Wildman–Crippen MR) is 32.4 cm³/mol. The SMILES string of the molecule is C1#CC2C=NO[C@H]2C#C1. The fourth-order valence-corrected chi connectivity index (χ4v) is 0.766. The minimum absolute atomic E-state index is 0.0914. The van der Waals surface area contributed by atoms with Crippen molar-refractivity contribution in [1.82, 2.24) is 0 Å². The lowest BCUT2D eigenvalue weighted by atomic mass is 10.0. The third kappa shape index (κ3) is 0.571. The quantitative estimate of drug-likeness (QED) is 0.409. The molecule has 0 radical (unpaired) electrons. The van der Waals surface area contributed by atoms with Crippen LogP contribution in [0.15, 0.2) is 5.16 Å². The number of nitrogens with zero attached hydrogens (tertiary/aromatic N) is 1. The Labute approximate surface area is 52.9 Å². The monoisotopic (exact) mass is 117 g/mol. The normalized spacial score (nSPS) is 32.9. The zero-order valence-corrected chi connectivity index (χ0v) is 4.59. The number of hydrogen-bond acceptors (Lipinski definition) is 2. The van der Waals surface area contributed by atoms with Crippen LogP contribution in [-0.2, 0) is 4.84 Å². The Bertz CT molecular complexity index is 271. The summed E-state index contributed by atoms with van der Waals surface area (Å²) in [6.07, 6.45) is 1.59. The summed E-state index contributed by atoms with van der Waals surface area (Å²) in [7, 11) is 0. The molecule has 0 aromatic carbocycles. The second kappa shape index (κ2) is 1.53. The van der Waals surface area contributed by atoms with E-state index >= 15 is 0 Å². The van der Waals surface area contributed by atoms with E-state index in [9.17, 15) is 0 Å². The maximum Gasteiger partial charge on any atom is 0.207 e. The van der Waals surface area contributed by atoms with Crippen LogP contribution in [0.25, 0.3) is 0 Å². The van der Waals surface area contributed by atoms with E-state index < -0.39 is 0 Å². The predicted octanol–water partition coefficient (Wildman–Crippen LogP) is 0.00760. The summed E-state index contributed by atoms with van der Waals surface area (Å²) >= 11 is 0. The van der Waals surface area contributed by atoms with E-state index in [4.69, 9.17) is 4.84 Å². The molecule has 2 aliphatic rings. The maximum absolute atomic E-state index is 4.85. The Morgan fingerprint density at radius 3 is 3.11 bits per heavy atom. The molecule has 0 bridgehead atoms. The van der Waals surface area contributed by atoms with Crippen molar-refractivity contribution in [3.8, 4) is 23.7 Å². The van der Waals surface area contributed by atoms with Gasteiger partial charge in [0.05, 0.1) is 6.21 Å². The lowest BCUT2D eigenvalue weighted by Crippen LogP contribution is -2.15. The van der Waals surface area contributed by atoms with Gasteiger partial charge >= 0.3 is 0 Å². The smallest absolute Gasteiger partial charge is 0.207 e. The average molecular weight is 117 g/mol. The fraction of sp³-hybridized carbons (Fsp3) is 0.286. The molecule has 2 rings (SSSR count). The minimum Gasteiger partial charge on any atom is -0.378 e. The lowest BCUT2D eigenvalue weighted by molar-refractivity contribution is 0.114. The molecule has 1 aliphatic carbocycles. The summed E-state index contributed by atoms with van der Waals surface area (Å²) in [6, 6.07) is 0. The molecule has 2 nitrogen and oxygen atoms in total. The van der Waals surface area contributed by atoms with Gasteiger partial charge in [0.2, 0.25) is 6.10 Å². The summed E-state index contributed by atoms with van der Waals surface area (Å²) in [5.74, 6) is 11.1. The van der Waals surface area contributed by atoms with Crippen LogP contribution in [0.1, 0.15) is 0 Å². The van der Waals surface area contributed by atoms with Crippen molar-refractivity contribution in [1.29, 1.82) is 0 Å². The van der Waals surface area contributed by atoms with Gasteiger partial charge in [-0.3, -0.25) is 0 Å². The minimum atomic E-state index is -0.0914. The molecule has 2 heteroatoms. The summed E-state index contributed by atoms with van der Waals surface area (Å²) in [5, 5.41) is 3.60. The van der Waals surface area contributed by atoms with Gasteiger partial charge in [0.25, 0.3) is 0 Å². The molecule has 42 valence electrons. The third-order valence-corrected chi connectivity index (χ3v) is 1.24. The standard InChI is InChI=1S/C7H3NO/c1-2-4-7-6(3-1)5-8-9-7/h5-7H/t6?,7-/m0/s1. The van der Waals surface area contributed by atoms with E-state index in [2.05, 4.69) is 28.8 Å². The Morgan fingerprint density at radius 2 is 2.22 bits per heavy atom. The Balaban J connectivity index is 2.34. The highest BCUT2D eigenvalue weighted by Crippen LogP contribution is 2.12. The molecule has 0 spiro atoms. The Kier molecular flexibility index (Phi) is 0.761. The third-order valence-electron chi connectivity index (χ3n) is 1.24. The summed E-state index contributed by atoms with van der Waals surface area (Å²) in [5.41, 5.74) is 0. The van der Waals surface area contributed by atoms with Crippen molar-refractivity contribution in [3.05, 3.63) is 0 Å². The zero-order chi connectivity index (χ0) is 6.10. The number of fused-ring (bicyclic) bond motifs is 1.